The molecule has 0 bridgehead atoms. The zero-order valence-corrected chi connectivity index (χ0v) is 14.2. The summed E-state index contributed by atoms with van der Waals surface area (Å²) in [6.45, 7) is 4.25. The van der Waals surface area contributed by atoms with Crippen LogP contribution in [-0.2, 0) is 4.74 Å². The number of nitro benzene ring substituents is 1. The van der Waals surface area contributed by atoms with Crippen LogP contribution in [0.5, 0.6) is 5.75 Å². The van der Waals surface area contributed by atoms with E-state index in [9.17, 15) is 23.7 Å². The fourth-order valence-electron chi connectivity index (χ4n) is 2.36. The number of ether oxygens (including phenoxy) is 2. The Morgan fingerprint density at radius 1 is 1.32 bits per heavy atom. The lowest BCUT2D eigenvalue weighted by atomic mass is 10.0. The first-order chi connectivity index (χ1) is 11.5. The number of carbonyl (C=O) groups excluding carboxylic acids is 1. The van der Waals surface area contributed by atoms with Crippen LogP contribution in [0.25, 0.3) is 0 Å². The highest BCUT2D eigenvalue weighted by Crippen LogP contribution is 2.32. The maximum absolute atomic E-state index is 14.3. The summed E-state index contributed by atoms with van der Waals surface area (Å²) >= 11 is 0. The molecule has 25 heavy (non-hydrogen) atoms. The zero-order chi connectivity index (χ0) is 18.8. The van der Waals surface area contributed by atoms with Crippen molar-refractivity contribution in [3.63, 3.8) is 0 Å². The first-order valence-corrected chi connectivity index (χ1v) is 7.75. The lowest BCUT2D eigenvalue weighted by molar-refractivity contribution is -0.384. The van der Waals surface area contributed by atoms with Gasteiger partial charge in [0, 0.05) is 25.1 Å². The van der Waals surface area contributed by atoms with Crippen LogP contribution >= 0.6 is 0 Å². The summed E-state index contributed by atoms with van der Waals surface area (Å²) in [4.78, 5) is 22.9. The van der Waals surface area contributed by atoms with Gasteiger partial charge < -0.3 is 14.4 Å². The number of piperidine rings is 1. The smallest absolute Gasteiger partial charge is 0.410 e. The molecule has 7 nitrogen and oxygen atoms in total. The number of nitrogens with zero attached hydrogens (tertiary/aromatic N) is 2. The Morgan fingerprint density at radius 3 is 2.40 bits per heavy atom. The van der Waals surface area contributed by atoms with Crippen molar-refractivity contribution in [3.05, 3.63) is 34.4 Å². The Labute approximate surface area is 143 Å². The minimum absolute atomic E-state index is 0.0716. The van der Waals surface area contributed by atoms with E-state index in [2.05, 4.69) is 0 Å². The number of likely N-dealkylation sites (tertiary alicyclic amines) is 1. The monoisotopic (exact) mass is 358 g/mol. The third kappa shape index (κ3) is 5.01. The summed E-state index contributed by atoms with van der Waals surface area (Å²) in [7, 11) is 0. The highest BCUT2D eigenvalue weighted by Gasteiger charge is 2.48. The second kappa shape index (κ2) is 6.81. The third-order valence-corrected chi connectivity index (χ3v) is 3.51. The average molecular weight is 358 g/mol. The molecule has 0 spiro atoms. The van der Waals surface area contributed by atoms with Crippen molar-refractivity contribution < 1.29 is 28.0 Å². The van der Waals surface area contributed by atoms with Gasteiger partial charge in [-0.1, -0.05) is 0 Å². The first-order valence-electron chi connectivity index (χ1n) is 7.75. The molecule has 0 aromatic heterocycles. The number of rotatable bonds is 3. The van der Waals surface area contributed by atoms with Gasteiger partial charge in [0.25, 0.3) is 5.69 Å². The lowest BCUT2D eigenvalue weighted by Gasteiger charge is -2.38. The summed E-state index contributed by atoms with van der Waals surface area (Å²) in [6, 6.07) is 4.91. The van der Waals surface area contributed by atoms with E-state index in [1.807, 2.05) is 0 Å². The first kappa shape index (κ1) is 18.9. The molecule has 1 aromatic carbocycles. The van der Waals surface area contributed by atoms with E-state index in [0.29, 0.717) is 0 Å². The summed E-state index contributed by atoms with van der Waals surface area (Å²) < 4.78 is 39.0. The van der Waals surface area contributed by atoms with E-state index in [4.69, 9.17) is 9.47 Å². The molecule has 1 atom stereocenters. The summed E-state index contributed by atoms with van der Waals surface area (Å²) in [5.41, 5.74) is -0.919. The van der Waals surface area contributed by atoms with Crippen molar-refractivity contribution in [2.45, 2.75) is 44.8 Å². The van der Waals surface area contributed by atoms with Crippen LogP contribution in [0.1, 0.15) is 27.2 Å². The fraction of sp³-hybridized carbons (Fsp3) is 0.562. The van der Waals surface area contributed by atoms with Gasteiger partial charge in [-0.05, 0) is 32.9 Å². The molecule has 1 fully saturated rings. The zero-order valence-electron chi connectivity index (χ0n) is 14.2. The molecule has 1 aliphatic heterocycles. The molecule has 1 aromatic rings. The maximum Gasteiger partial charge on any atom is 0.410 e. The van der Waals surface area contributed by atoms with Crippen LogP contribution in [0.4, 0.5) is 19.3 Å². The van der Waals surface area contributed by atoms with Gasteiger partial charge in [0.15, 0.2) is 6.10 Å². The minimum Gasteiger partial charge on any atom is -0.484 e. The molecule has 9 heteroatoms. The van der Waals surface area contributed by atoms with Crippen molar-refractivity contribution in [2.24, 2.45) is 0 Å². The average Bonchev–Trinajstić information content (AvgIpc) is 2.47. The van der Waals surface area contributed by atoms with E-state index < -0.39 is 35.2 Å². The molecule has 1 aliphatic rings. The second-order valence-electron chi connectivity index (χ2n) is 6.81. The van der Waals surface area contributed by atoms with E-state index in [0.717, 1.165) is 4.90 Å². The third-order valence-electron chi connectivity index (χ3n) is 3.51. The highest BCUT2D eigenvalue weighted by atomic mass is 19.3. The SMILES string of the molecule is CC(C)(C)OC(=O)N1CCC(Oc2ccc([N+](=O)[O-])cc2)C(F)(F)C1. The van der Waals surface area contributed by atoms with Gasteiger partial charge in [-0.3, -0.25) is 10.1 Å². The predicted molar refractivity (Wildman–Crippen MR) is 84.9 cm³/mol. The molecule has 0 aliphatic carbocycles. The highest BCUT2D eigenvalue weighted by molar-refractivity contribution is 5.68. The van der Waals surface area contributed by atoms with Crippen LogP contribution < -0.4 is 4.74 Å². The Hall–Kier alpha value is -2.45. The largest absolute Gasteiger partial charge is 0.484 e. The van der Waals surface area contributed by atoms with Crippen LogP contribution in [-0.4, -0.2) is 46.6 Å². The topological polar surface area (TPSA) is 81.9 Å². The van der Waals surface area contributed by atoms with Crippen molar-refractivity contribution in [1.29, 1.82) is 0 Å². The standard InChI is InChI=1S/C16H20F2N2O5/c1-15(2,3)25-14(21)19-9-8-13(16(17,18)10-19)24-12-6-4-11(5-7-12)20(22)23/h4-7,13H,8-10H2,1-3H3. The summed E-state index contributed by atoms with van der Waals surface area (Å²) in [5, 5.41) is 10.6. The van der Waals surface area contributed by atoms with Gasteiger partial charge in [0.2, 0.25) is 0 Å². The molecule has 1 saturated heterocycles. The number of amides is 1. The van der Waals surface area contributed by atoms with Crippen molar-refractivity contribution >= 4 is 11.8 Å². The maximum atomic E-state index is 14.3. The number of hydrogen-bond acceptors (Lipinski definition) is 5. The Balaban J connectivity index is 2.00. The molecular weight excluding hydrogens is 338 g/mol. The predicted octanol–water partition coefficient (Wildman–Crippen LogP) is 3.62. The fourth-order valence-corrected chi connectivity index (χ4v) is 2.36. The molecule has 0 N–H and O–H groups in total. The van der Waals surface area contributed by atoms with Gasteiger partial charge >= 0.3 is 12.0 Å². The minimum atomic E-state index is -3.27. The van der Waals surface area contributed by atoms with Crippen LogP contribution in [0.15, 0.2) is 24.3 Å². The van der Waals surface area contributed by atoms with E-state index in [-0.39, 0.29) is 24.4 Å². The van der Waals surface area contributed by atoms with Crippen molar-refractivity contribution in [1.82, 2.24) is 4.90 Å². The Kier molecular flexibility index (Phi) is 5.15. The van der Waals surface area contributed by atoms with E-state index in [1.165, 1.54) is 24.3 Å². The molecule has 138 valence electrons. The number of halogens is 2. The second-order valence-corrected chi connectivity index (χ2v) is 6.81. The van der Waals surface area contributed by atoms with Crippen molar-refractivity contribution in [2.75, 3.05) is 13.1 Å². The van der Waals surface area contributed by atoms with Crippen LogP contribution in [0, 0.1) is 10.1 Å². The molecule has 1 unspecified atom stereocenters. The van der Waals surface area contributed by atoms with Crippen LogP contribution in [0.3, 0.4) is 0 Å². The number of alkyl halides is 2. The lowest BCUT2D eigenvalue weighted by Crippen LogP contribution is -2.56. The summed E-state index contributed by atoms with van der Waals surface area (Å²) in [5.74, 6) is -3.15. The summed E-state index contributed by atoms with van der Waals surface area (Å²) in [6.07, 6.45) is -2.29. The Morgan fingerprint density at radius 2 is 1.92 bits per heavy atom. The van der Waals surface area contributed by atoms with Gasteiger partial charge in [0.1, 0.15) is 11.4 Å². The molecule has 0 saturated carbocycles. The molecule has 2 rings (SSSR count). The van der Waals surface area contributed by atoms with Crippen molar-refractivity contribution in [3.8, 4) is 5.75 Å². The number of hydrogen-bond donors (Lipinski definition) is 0. The van der Waals surface area contributed by atoms with E-state index >= 15 is 0 Å². The normalized spacial score (nSPS) is 20.0. The van der Waals surface area contributed by atoms with Gasteiger partial charge in [0.05, 0.1) is 11.5 Å². The van der Waals surface area contributed by atoms with Gasteiger partial charge in [-0.2, -0.15) is 0 Å². The number of nitro groups is 1. The molecule has 0 radical (unpaired) electrons. The van der Waals surface area contributed by atoms with E-state index in [1.54, 1.807) is 20.8 Å². The molecule has 1 heterocycles. The quantitative estimate of drug-likeness (QED) is 0.609. The molecular formula is C16H20F2N2O5. The van der Waals surface area contributed by atoms with Crippen LogP contribution in [0.2, 0.25) is 0 Å². The van der Waals surface area contributed by atoms with Gasteiger partial charge in [-0.15, -0.1) is 0 Å². The number of carbonyl (C=O) groups is 1. The number of non-ortho nitro benzene ring substituents is 1. The van der Waals surface area contributed by atoms with Gasteiger partial charge in [-0.25, -0.2) is 13.6 Å². The molecule has 1 amide bonds. The number of benzene rings is 1. The Bertz CT molecular complexity index is 643.